The Kier molecular flexibility index (Phi) is 9.12. The Morgan fingerprint density at radius 1 is 1.14 bits per heavy atom. The highest BCUT2D eigenvalue weighted by atomic mass is 79.9. The fraction of sp³-hybridized carbons (Fsp3) is 0.219. The number of anilines is 1. The van der Waals surface area contributed by atoms with E-state index in [1.165, 1.54) is 23.5 Å². The minimum absolute atomic E-state index is 0.0189. The summed E-state index contributed by atoms with van der Waals surface area (Å²) in [6.45, 7) is 3.94. The van der Waals surface area contributed by atoms with Crippen LogP contribution in [-0.2, 0) is 16.1 Å². The highest BCUT2D eigenvalue weighted by molar-refractivity contribution is 9.10. The number of fused-ring (bicyclic) bond motifs is 1. The van der Waals surface area contributed by atoms with E-state index in [0.717, 1.165) is 22.4 Å². The number of carbonyl (C=O) groups excluding carboxylic acids is 1. The number of rotatable bonds is 9. The van der Waals surface area contributed by atoms with Crippen LogP contribution < -0.4 is 24.5 Å². The van der Waals surface area contributed by atoms with E-state index in [0.29, 0.717) is 30.8 Å². The number of esters is 1. The van der Waals surface area contributed by atoms with Gasteiger partial charge in [0.05, 0.1) is 37.8 Å². The molecule has 0 saturated heterocycles. The van der Waals surface area contributed by atoms with Crippen molar-refractivity contribution in [2.75, 3.05) is 25.6 Å². The molecule has 0 unspecified atom stereocenters. The van der Waals surface area contributed by atoms with Crippen LogP contribution in [0.25, 0.3) is 6.08 Å². The predicted molar refractivity (Wildman–Crippen MR) is 173 cm³/mol. The zero-order valence-electron chi connectivity index (χ0n) is 24.4. The molecule has 0 fully saturated rings. The second-order valence-corrected chi connectivity index (χ2v) is 12.1. The lowest BCUT2D eigenvalue weighted by Gasteiger charge is -2.25. The summed E-state index contributed by atoms with van der Waals surface area (Å²) in [7, 11) is 3.89. The van der Waals surface area contributed by atoms with Crippen molar-refractivity contribution in [2.24, 2.45) is 4.99 Å². The lowest BCUT2D eigenvalue weighted by atomic mass is 9.95. The average Bonchev–Trinajstić information content (AvgIpc) is 3.30. The Labute approximate surface area is 265 Å². The Bertz CT molecular complexity index is 1950. The molecule has 3 aromatic carbocycles. The number of nitrogens with zero attached hydrogens (tertiary/aromatic N) is 4. The molecule has 0 spiro atoms. The zero-order chi connectivity index (χ0) is 31.5. The predicted octanol–water partition coefficient (Wildman–Crippen LogP) is 5.11. The van der Waals surface area contributed by atoms with Crippen molar-refractivity contribution in [3.8, 4) is 5.75 Å². The maximum absolute atomic E-state index is 13.9. The normalized spacial score (nSPS) is 14.6. The van der Waals surface area contributed by atoms with E-state index in [2.05, 4.69) is 20.9 Å². The van der Waals surface area contributed by atoms with Gasteiger partial charge in [-0.15, -0.1) is 0 Å². The number of hydrogen-bond donors (Lipinski definition) is 0. The zero-order valence-corrected chi connectivity index (χ0v) is 26.8. The number of non-ortho nitro benzene ring substituents is 1. The van der Waals surface area contributed by atoms with Gasteiger partial charge in [-0.3, -0.25) is 19.5 Å². The third-order valence-corrected chi connectivity index (χ3v) is 8.64. The SMILES string of the molecule is CCOC(=O)C1=C(C)N=c2s/c(=C\c3ccc(OCc4ccc([N+](=O)[O-])cc4)c(Br)c3)c(=O)n2[C@@H]1c1ccc(N(C)C)cc1. The van der Waals surface area contributed by atoms with Crippen molar-refractivity contribution >= 4 is 50.7 Å². The van der Waals surface area contributed by atoms with Crippen molar-refractivity contribution in [2.45, 2.75) is 26.5 Å². The number of nitro groups is 1. The number of ether oxygens (including phenoxy) is 2. The number of halogens is 1. The van der Waals surface area contributed by atoms with Crippen molar-refractivity contribution in [1.82, 2.24) is 4.57 Å². The van der Waals surface area contributed by atoms with Crippen LogP contribution in [0, 0.1) is 10.1 Å². The van der Waals surface area contributed by atoms with Gasteiger partial charge in [-0.2, -0.15) is 0 Å². The van der Waals surface area contributed by atoms with Crippen LogP contribution in [0.3, 0.4) is 0 Å². The van der Waals surface area contributed by atoms with Gasteiger partial charge in [0.2, 0.25) is 0 Å². The van der Waals surface area contributed by atoms with Crippen molar-refractivity contribution in [3.63, 3.8) is 0 Å². The molecule has 0 radical (unpaired) electrons. The van der Waals surface area contributed by atoms with Crippen LogP contribution >= 0.6 is 27.3 Å². The maximum Gasteiger partial charge on any atom is 0.338 e. The largest absolute Gasteiger partial charge is 0.488 e. The van der Waals surface area contributed by atoms with Gasteiger partial charge in [-0.25, -0.2) is 9.79 Å². The number of carbonyl (C=O) groups is 1. The van der Waals surface area contributed by atoms with Gasteiger partial charge < -0.3 is 14.4 Å². The topological polar surface area (TPSA) is 116 Å². The number of thiazole rings is 1. The Hall–Kier alpha value is -4.55. The van der Waals surface area contributed by atoms with E-state index in [1.807, 2.05) is 55.4 Å². The Morgan fingerprint density at radius 3 is 2.45 bits per heavy atom. The lowest BCUT2D eigenvalue weighted by molar-refractivity contribution is -0.384. The molecule has 5 rings (SSSR count). The minimum Gasteiger partial charge on any atom is -0.488 e. The molecular formula is C32H29BrN4O6S. The molecule has 0 N–H and O–H groups in total. The summed E-state index contributed by atoms with van der Waals surface area (Å²) in [6, 6.07) is 18.7. The van der Waals surface area contributed by atoms with Gasteiger partial charge >= 0.3 is 5.97 Å². The maximum atomic E-state index is 13.9. The van der Waals surface area contributed by atoms with Crippen LogP contribution in [0.1, 0.15) is 36.6 Å². The Morgan fingerprint density at radius 2 is 1.84 bits per heavy atom. The van der Waals surface area contributed by atoms with Crippen LogP contribution in [0.2, 0.25) is 0 Å². The first kappa shape index (κ1) is 30.9. The summed E-state index contributed by atoms with van der Waals surface area (Å²) in [4.78, 5) is 44.6. The van der Waals surface area contributed by atoms with E-state index in [1.54, 1.807) is 42.7 Å². The standard InChI is InChI=1S/C32H29BrN4O6S/c1-5-42-31(39)28-19(2)34-32-36(29(28)22-9-13-23(14-10-22)35(3)4)30(38)27(44-32)17-21-8-15-26(25(33)16-21)43-18-20-6-11-24(12-7-20)37(40)41/h6-17,29H,5,18H2,1-4H3/b27-17-/t29-/m1/s1. The quantitative estimate of drug-likeness (QED) is 0.137. The first-order chi connectivity index (χ1) is 21.1. The molecule has 0 amide bonds. The highest BCUT2D eigenvalue weighted by Crippen LogP contribution is 2.32. The Balaban J connectivity index is 1.48. The molecule has 1 aromatic heterocycles. The van der Waals surface area contributed by atoms with Gasteiger partial charge in [0.15, 0.2) is 4.80 Å². The molecule has 1 atom stereocenters. The molecule has 1 aliphatic rings. The van der Waals surface area contributed by atoms with Crippen molar-refractivity contribution in [3.05, 3.63) is 129 Å². The van der Waals surface area contributed by atoms with Gasteiger partial charge in [0, 0.05) is 31.9 Å². The smallest absolute Gasteiger partial charge is 0.338 e. The lowest BCUT2D eigenvalue weighted by Crippen LogP contribution is -2.39. The molecule has 0 bridgehead atoms. The van der Waals surface area contributed by atoms with Gasteiger partial charge in [-0.05, 0) is 88.9 Å². The van der Waals surface area contributed by atoms with Crippen LogP contribution in [0.4, 0.5) is 11.4 Å². The van der Waals surface area contributed by atoms with Crippen LogP contribution in [0.5, 0.6) is 5.75 Å². The van der Waals surface area contributed by atoms with Gasteiger partial charge in [0.1, 0.15) is 12.4 Å². The summed E-state index contributed by atoms with van der Waals surface area (Å²) in [5, 5.41) is 10.9. The average molecular weight is 678 g/mol. The molecule has 10 nitrogen and oxygen atoms in total. The summed E-state index contributed by atoms with van der Waals surface area (Å²) in [6.07, 6.45) is 1.78. The van der Waals surface area contributed by atoms with E-state index in [9.17, 15) is 19.7 Å². The minimum atomic E-state index is -0.689. The molecule has 1 aliphatic heterocycles. The summed E-state index contributed by atoms with van der Waals surface area (Å²) in [5.74, 6) is 0.0794. The molecule has 226 valence electrons. The number of aromatic nitrogens is 1. The molecule has 0 aliphatic carbocycles. The number of hydrogen-bond acceptors (Lipinski definition) is 9. The molecule has 4 aromatic rings. The van der Waals surface area contributed by atoms with Gasteiger partial charge in [-0.1, -0.05) is 29.5 Å². The van der Waals surface area contributed by atoms with E-state index < -0.39 is 16.9 Å². The third kappa shape index (κ3) is 6.36. The monoisotopic (exact) mass is 676 g/mol. The number of nitro benzene ring substituents is 1. The van der Waals surface area contributed by atoms with Gasteiger partial charge in [0.25, 0.3) is 11.2 Å². The fourth-order valence-corrected chi connectivity index (χ4v) is 6.37. The molecule has 44 heavy (non-hydrogen) atoms. The van der Waals surface area contributed by atoms with Crippen molar-refractivity contribution < 1.29 is 19.2 Å². The van der Waals surface area contributed by atoms with E-state index >= 15 is 0 Å². The molecule has 2 heterocycles. The summed E-state index contributed by atoms with van der Waals surface area (Å²) in [5.41, 5.74) is 3.91. The summed E-state index contributed by atoms with van der Waals surface area (Å²) < 4.78 is 14.0. The van der Waals surface area contributed by atoms with E-state index in [-0.39, 0.29) is 24.5 Å². The highest BCUT2D eigenvalue weighted by Gasteiger charge is 2.33. The van der Waals surface area contributed by atoms with Crippen molar-refractivity contribution in [1.29, 1.82) is 0 Å². The molecular weight excluding hydrogens is 648 g/mol. The third-order valence-electron chi connectivity index (χ3n) is 7.04. The summed E-state index contributed by atoms with van der Waals surface area (Å²) >= 11 is 4.80. The molecule has 12 heteroatoms. The van der Waals surface area contributed by atoms with Crippen LogP contribution in [-0.4, -0.2) is 36.2 Å². The second-order valence-electron chi connectivity index (χ2n) is 10.2. The van der Waals surface area contributed by atoms with E-state index in [4.69, 9.17) is 9.47 Å². The number of allylic oxidation sites excluding steroid dienone is 1. The molecule has 0 saturated carbocycles. The number of benzene rings is 3. The second kappa shape index (κ2) is 13.0. The first-order valence-electron chi connectivity index (χ1n) is 13.7. The fourth-order valence-electron chi connectivity index (χ4n) is 4.81. The van der Waals surface area contributed by atoms with Crippen LogP contribution in [0.15, 0.2) is 92.3 Å². The first-order valence-corrected chi connectivity index (χ1v) is 15.3.